The average Bonchev–Trinajstić information content (AvgIpc) is 2.81. The van der Waals surface area contributed by atoms with Crippen molar-refractivity contribution in [2.45, 2.75) is 18.9 Å². The molecule has 2 aromatic rings. The van der Waals surface area contributed by atoms with Gasteiger partial charge in [-0.25, -0.2) is 9.18 Å². The number of amides is 2. The highest BCUT2D eigenvalue weighted by Gasteiger charge is 2.45. The van der Waals surface area contributed by atoms with Crippen molar-refractivity contribution in [1.29, 1.82) is 0 Å². The van der Waals surface area contributed by atoms with E-state index in [1.54, 1.807) is 0 Å². The summed E-state index contributed by atoms with van der Waals surface area (Å²) in [5, 5.41) is 10.2. The molecule has 1 unspecified atom stereocenters. The second-order valence-corrected chi connectivity index (χ2v) is 8.61. The number of benzene rings is 2. The maximum Gasteiger partial charge on any atom is 0.408 e. The molecule has 182 valence electrons. The molecular weight excluding hydrogens is 465 g/mol. The summed E-state index contributed by atoms with van der Waals surface area (Å²) in [6, 6.07) is 9.51. The van der Waals surface area contributed by atoms with Gasteiger partial charge in [-0.1, -0.05) is 29.8 Å². The smallest absolute Gasteiger partial charge is 0.408 e. The first-order valence-electron chi connectivity index (χ1n) is 10.9. The van der Waals surface area contributed by atoms with Crippen molar-refractivity contribution >= 4 is 29.4 Å². The molecule has 1 aliphatic rings. The lowest BCUT2D eigenvalue weighted by Gasteiger charge is -2.39. The molecule has 2 aromatic carbocycles. The van der Waals surface area contributed by atoms with Gasteiger partial charge >= 0.3 is 6.09 Å². The van der Waals surface area contributed by atoms with Crippen LogP contribution in [0.5, 0.6) is 0 Å². The zero-order valence-electron chi connectivity index (χ0n) is 18.8. The van der Waals surface area contributed by atoms with Crippen molar-refractivity contribution in [3.63, 3.8) is 0 Å². The number of carbonyl (C=O) groups is 3. The van der Waals surface area contributed by atoms with Crippen LogP contribution in [-0.2, 0) is 15.1 Å². The highest BCUT2D eigenvalue weighted by atomic mass is 35.5. The Kier molecular flexibility index (Phi) is 8.24. The minimum atomic E-state index is -1.91. The molecule has 0 radical (unpaired) electrons. The van der Waals surface area contributed by atoms with Gasteiger partial charge < -0.3 is 15.6 Å². The van der Waals surface area contributed by atoms with Crippen LogP contribution in [0.2, 0.25) is 5.02 Å². The molecule has 1 atom stereocenters. The maximum atomic E-state index is 14.4. The Morgan fingerprint density at radius 1 is 1.18 bits per heavy atom. The van der Waals surface area contributed by atoms with E-state index in [2.05, 4.69) is 4.90 Å². The van der Waals surface area contributed by atoms with Gasteiger partial charge in [0, 0.05) is 36.8 Å². The number of rotatable bonds is 9. The molecule has 0 bridgehead atoms. The van der Waals surface area contributed by atoms with Gasteiger partial charge in [0.15, 0.2) is 5.78 Å². The molecule has 8 nitrogen and oxygen atoms in total. The first-order chi connectivity index (χ1) is 16.2. The van der Waals surface area contributed by atoms with Crippen LogP contribution in [0.25, 0.3) is 0 Å². The van der Waals surface area contributed by atoms with Gasteiger partial charge in [-0.15, -0.1) is 0 Å². The minimum Gasteiger partial charge on any atom is -0.465 e. The molecule has 2 amide bonds. The van der Waals surface area contributed by atoms with Crippen molar-refractivity contribution < 1.29 is 28.6 Å². The molecule has 1 heterocycles. The second kappa shape index (κ2) is 10.9. The highest BCUT2D eigenvalue weighted by Crippen LogP contribution is 2.34. The summed E-state index contributed by atoms with van der Waals surface area (Å²) in [5.74, 6) is -2.45. The van der Waals surface area contributed by atoms with Gasteiger partial charge in [-0.05, 0) is 43.2 Å². The minimum absolute atomic E-state index is 0.0118. The molecule has 1 aliphatic heterocycles. The molecule has 0 saturated carbocycles. The number of morpholine rings is 1. The predicted molar refractivity (Wildman–Crippen MR) is 124 cm³/mol. The Balaban J connectivity index is 2.00. The number of primary amides is 1. The number of ether oxygens (including phenoxy) is 1. The van der Waals surface area contributed by atoms with E-state index >= 15 is 0 Å². The maximum absolute atomic E-state index is 14.4. The summed E-state index contributed by atoms with van der Waals surface area (Å²) < 4.78 is 19.7. The summed E-state index contributed by atoms with van der Waals surface area (Å²) in [6.07, 6.45) is -0.943. The second-order valence-electron chi connectivity index (χ2n) is 8.18. The lowest BCUT2D eigenvalue weighted by Crippen LogP contribution is -2.56. The average molecular weight is 492 g/mol. The van der Waals surface area contributed by atoms with Crippen LogP contribution in [0.3, 0.4) is 0 Å². The lowest BCUT2D eigenvalue weighted by atomic mass is 9.83. The summed E-state index contributed by atoms with van der Waals surface area (Å²) in [6.45, 7) is 4.62. The molecule has 3 N–H and O–H groups in total. The molecular formula is C24H27ClFN3O5. The standard InChI is InChI=1S/C24H27ClFN3O5/c1-24(22(27)31,29(23(32)33)10-4-9-28-11-13-34-14-12-28)19-8-7-16(25)15-18(19)21(30)17-5-2-3-6-20(17)26/h2-3,5-8,15H,4,9-14H2,1H3,(H2,27,31)(H,32,33). The molecule has 34 heavy (non-hydrogen) atoms. The number of nitrogens with zero attached hydrogens (tertiary/aromatic N) is 2. The number of carbonyl (C=O) groups excluding carboxylic acids is 2. The number of nitrogens with two attached hydrogens (primary N) is 1. The number of halogens is 2. The number of hydrogen-bond acceptors (Lipinski definition) is 5. The first-order valence-corrected chi connectivity index (χ1v) is 11.2. The Labute approximate surface area is 202 Å². The number of carboxylic acid groups (broad SMARTS) is 1. The summed E-state index contributed by atoms with van der Waals surface area (Å²) >= 11 is 6.12. The molecule has 0 spiro atoms. The van der Waals surface area contributed by atoms with Gasteiger partial charge in [0.2, 0.25) is 5.91 Å². The zero-order valence-corrected chi connectivity index (χ0v) is 19.6. The van der Waals surface area contributed by atoms with Gasteiger partial charge in [0.05, 0.1) is 18.8 Å². The molecule has 0 aliphatic carbocycles. The van der Waals surface area contributed by atoms with E-state index < -0.39 is 29.1 Å². The van der Waals surface area contributed by atoms with Crippen LogP contribution >= 0.6 is 11.6 Å². The van der Waals surface area contributed by atoms with Gasteiger partial charge in [0.25, 0.3) is 0 Å². The Morgan fingerprint density at radius 3 is 2.47 bits per heavy atom. The normalized spacial score (nSPS) is 16.0. The van der Waals surface area contributed by atoms with E-state index in [1.807, 2.05) is 0 Å². The molecule has 10 heteroatoms. The van der Waals surface area contributed by atoms with E-state index in [9.17, 15) is 23.9 Å². The molecule has 3 rings (SSSR count). The van der Waals surface area contributed by atoms with Gasteiger partial charge in [-0.3, -0.25) is 19.4 Å². The molecule has 1 fully saturated rings. The van der Waals surface area contributed by atoms with E-state index in [-0.39, 0.29) is 28.3 Å². The Bertz CT molecular complexity index is 1080. The van der Waals surface area contributed by atoms with Crippen LogP contribution in [0.15, 0.2) is 42.5 Å². The third kappa shape index (κ3) is 5.38. The van der Waals surface area contributed by atoms with Crippen molar-refractivity contribution in [3.05, 3.63) is 70.0 Å². The Hall–Kier alpha value is -3.01. The highest BCUT2D eigenvalue weighted by molar-refractivity contribution is 6.31. The van der Waals surface area contributed by atoms with Gasteiger partial charge in [0.1, 0.15) is 11.4 Å². The summed E-state index contributed by atoms with van der Waals surface area (Å²) in [5.41, 5.74) is 3.54. The van der Waals surface area contributed by atoms with Gasteiger partial charge in [-0.2, -0.15) is 0 Å². The molecule has 1 saturated heterocycles. The summed E-state index contributed by atoms with van der Waals surface area (Å²) in [7, 11) is 0. The first kappa shape index (κ1) is 25.6. The van der Waals surface area contributed by atoms with Crippen LogP contribution in [0.1, 0.15) is 34.8 Å². The van der Waals surface area contributed by atoms with Crippen molar-refractivity contribution in [2.24, 2.45) is 5.73 Å². The third-order valence-electron chi connectivity index (χ3n) is 6.08. The SMILES string of the molecule is CC(C(N)=O)(c1ccc(Cl)cc1C(=O)c1ccccc1F)N(CCCN1CCOCC1)C(=O)O. The summed E-state index contributed by atoms with van der Waals surface area (Å²) in [4.78, 5) is 41.4. The zero-order chi connectivity index (χ0) is 24.9. The van der Waals surface area contributed by atoms with E-state index in [4.69, 9.17) is 22.1 Å². The fourth-order valence-electron chi connectivity index (χ4n) is 4.12. The molecule has 0 aromatic heterocycles. The lowest BCUT2D eigenvalue weighted by molar-refractivity contribution is -0.129. The van der Waals surface area contributed by atoms with Crippen molar-refractivity contribution in [2.75, 3.05) is 39.4 Å². The van der Waals surface area contributed by atoms with Crippen LogP contribution < -0.4 is 5.73 Å². The predicted octanol–water partition coefficient (Wildman–Crippen LogP) is 3.11. The van der Waals surface area contributed by atoms with Crippen molar-refractivity contribution in [3.8, 4) is 0 Å². The van der Waals surface area contributed by atoms with Crippen LogP contribution in [-0.4, -0.2) is 72.1 Å². The largest absolute Gasteiger partial charge is 0.465 e. The number of ketones is 1. The fourth-order valence-corrected chi connectivity index (χ4v) is 4.29. The Morgan fingerprint density at radius 2 is 1.85 bits per heavy atom. The van der Waals surface area contributed by atoms with E-state index in [1.165, 1.54) is 43.3 Å². The van der Waals surface area contributed by atoms with Crippen molar-refractivity contribution in [1.82, 2.24) is 9.80 Å². The van der Waals surface area contributed by atoms with Crippen LogP contribution in [0.4, 0.5) is 9.18 Å². The van der Waals surface area contributed by atoms with E-state index in [0.717, 1.165) is 24.1 Å². The quantitative estimate of drug-likeness (QED) is 0.521. The third-order valence-corrected chi connectivity index (χ3v) is 6.31. The number of hydrogen-bond donors (Lipinski definition) is 2. The fraction of sp³-hybridized carbons (Fsp3) is 0.375. The monoisotopic (exact) mass is 491 g/mol. The van der Waals surface area contributed by atoms with E-state index in [0.29, 0.717) is 26.2 Å². The van der Waals surface area contributed by atoms with Crippen LogP contribution in [0, 0.1) is 5.82 Å². The topological polar surface area (TPSA) is 113 Å².